The number of carbonyl (C=O) groups is 1. The first-order valence-electron chi connectivity index (χ1n) is 8.12. The molecule has 0 aromatic heterocycles. The van der Waals surface area contributed by atoms with Gasteiger partial charge in [0, 0.05) is 26.7 Å². The molecule has 128 valence electrons. The van der Waals surface area contributed by atoms with Crippen LogP contribution in [0.15, 0.2) is 18.2 Å². The molecule has 0 radical (unpaired) electrons. The number of nitrogens with one attached hydrogen (secondary N) is 1. The maximum Gasteiger partial charge on any atom is 0.251 e. The average molecular weight is 322 g/mol. The molecule has 1 amide bonds. The summed E-state index contributed by atoms with van der Waals surface area (Å²) in [5, 5.41) is 2.98. The highest BCUT2D eigenvalue weighted by molar-refractivity contribution is 5.84. The van der Waals surface area contributed by atoms with Gasteiger partial charge in [0.2, 0.25) is 0 Å². The molecule has 0 bridgehead atoms. The Morgan fingerprint density at radius 2 is 2.22 bits per heavy atom. The van der Waals surface area contributed by atoms with Gasteiger partial charge in [-0.3, -0.25) is 9.69 Å². The van der Waals surface area contributed by atoms with E-state index in [1.54, 1.807) is 27.9 Å². The number of nitrogens with zero attached hydrogens (tertiary/aromatic N) is 1. The zero-order chi connectivity index (χ0) is 17.0. The van der Waals surface area contributed by atoms with E-state index in [2.05, 4.69) is 10.2 Å². The number of halogens is 1. The highest BCUT2D eigenvalue weighted by Gasteiger charge is 2.29. The number of rotatable bonds is 6. The van der Waals surface area contributed by atoms with E-state index >= 15 is 0 Å². The first-order valence-corrected chi connectivity index (χ1v) is 8.12. The van der Waals surface area contributed by atoms with Crippen LogP contribution in [-0.4, -0.2) is 43.2 Å². The first-order chi connectivity index (χ1) is 10.8. The van der Waals surface area contributed by atoms with Gasteiger partial charge in [0.1, 0.15) is 11.4 Å². The number of aryl methyl sites for hydroxylation is 1. The average Bonchev–Trinajstić information content (AvgIpc) is 2.96. The zero-order valence-corrected chi connectivity index (χ0v) is 14.5. The number of likely N-dealkylation sites (tertiary alicyclic amines) is 1. The second-order valence-electron chi connectivity index (χ2n) is 6.90. The Kier molecular flexibility index (Phi) is 5.76. The lowest BCUT2D eigenvalue weighted by Crippen LogP contribution is -2.45. The van der Waals surface area contributed by atoms with Gasteiger partial charge in [-0.15, -0.1) is 0 Å². The number of ether oxygens (including phenoxy) is 1. The van der Waals surface area contributed by atoms with Crippen LogP contribution in [0, 0.1) is 18.7 Å². The molecule has 0 saturated carbocycles. The van der Waals surface area contributed by atoms with Crippen LogP contribution in [0.25, 0.3) is 0 Å². The van der Waals surface area contributed by atoms with Gasteiger partial charge < -0.3 is 10.1 Å². The second-order valence-corrected chi connectivity index (χ2v) is 6.90. The Morgan fingerprint density at radius 1 is 1.48 bits per heavy atom. The Balaban J connectivity index is 1.80. The van der Waals surface area contributed by atoms with E-state index in [0.29, 0.717) is 18.0 Å². The Hall–Kier alpha value is -1.46. The van der Waals surface area contributed by atoms with Gasteiger partial charge in [0.15, 0.2) is 0 Å². The Labute approximate surface area is 138 Å². The quantitative estimate of drug-likeness (QED) is 0.875. The molecular weight excluding hydrogens is 295 g/mol. The summed E-state index contributed by atoms with van der Waals surface area (Å²) < 4.78 is 18.5. The highest BCUT2D eigenvalue weighted by atomic mass is 19.1. The maximum absolute atomic E-state index is 13.3. The van der Waals surface area contributed by atoms with E-state index in [4.69, 9.17) is 4.74 Å². The van der Waals surface area contributed by atoms with Crippen LogP contribution in [-0.2, 0) is 16.1 Å². The summed E-state index contributed by atoms with van der Waals surface area (Å²) in [7, 11) is 1.54. The monoisotopic (exact) mass is 322 g/mol. The molecule has 4 nitrogen and oxygen atoms in total. The second kappa shape index (κ2) is 7.41. The molecular formula is C18H27FN2O2. The van der Waals surface area contributed by atoms with Gasteiger partial charge in [-0.25, -0.2) is 4.39 Å². The Bertz CT molecular complexity index is 560. The van der Waals surface area contributed by atoms with Crippen molar-refractivity contribution < 1.29 is 13.9 Å². The molecule has 1 fully saturated rings. The highest BCUT2D eigenvalue weighted by Crippen LogP contribution is 2.19. The SMILES string of the molecule is COC(C)(C)C(=O)NC[C@@H]1CCN(Cc2ccc(F)c(C)c2)C1. The lowest BCUT2D eigenvalue weighted by Gasteiger charge is -2.23. The Morgan fingerprint density at radius 3 is 2.87 bits per heavy atom. The first kappa shape index (κ1) is 17.9. The van der Waals surface area contributed by atoms with Crippen molar-refractivity contribution >= 4 is 5.91 Å². The van der Waals surface area contributed by atoms with Crippen molar-refractivity contribution in [3.05, 3.63) is 35.1 Å². The van der Waals surface area contributed by atoms with Gasteiger partial charge in [0.05, 0.1) is 0 Å². The van der Waals surface area contributed by atoms with Crippen molar-refractivity contribution in [1.29, 1.82) is 0 Å². The predicted octanol–water partition coefficient (Wildman–Crippen LogP) is 2.50. The number of amides is 1. The molecule has 1 aromatic rings. The summed E-state index contributed by atoms with van der Waals surface area (Å²) in [5.74, 6) is 0.220. The molecule has 2 rings (SSSR count). The molecule has 1 aliphatic rings. The lowest BCUT2D eigenvalue weighted by molar-refractivity contribution is -0.139. The van der Waals surface area contributed by atoms with Gasteiger partial charge in [-0.2, -0.15) is 0 Å². The summed E-state index contributed by atoms with van der Waals surface area (Å²) >= 11 is 0. The minimum Gasteiger partial charge on any atom is -0.369 e. The number of carbonyl (C=O) groups excluding carboxylic acids is 1. The van der Waals surface area contributed by atoms with Gasteiger partial charge >= 0.3 is 0 Å². The standard InChI is InChI=1S/C18H27FN2O2/c1-13-9-14(5-6-16(13)19)11-21-8-7-15(12-21)10-20-17(22)18(2,3)23-4/h5-6,9,15H,7-8,10-12H2,1-4H3,(H,20,22)/t15-/m0/s1. The van der Waals surface area contributed by atoms with Crippen molar-refractivity contribution in [2.45, 2.75) is 39.3 Å². The molecule has 1 N–H and O–H groups in total. The van der Waals surface area contributed by atoms with E-state index < -0.39 is 5.60 Å². The van der Waals surface area contributed by atoms with Gasteiger partial charge in [-0.05, 0) is 56.8 Å². The largest absolute Gasteiger partial charge is 0.369 e. The van der Waals surface area contributed by atoms with E-state index in [9.17, 15) is 9.18 Å². The molecule has 1 aliphatic heterocycles. The number of hydrogen-bond donors (Lipinski definition) is 1. The summed E-state index contributed by atoms with van der Waals surface area (Å²) in [4.78, 5) is 14.4. The van der Waals surface area contributed by atoms with E-state index in [0.717, 1.165) is 31.6 Å². The van der Waals surface area contributed by atoms with Crippen molar-refractivity contribution in [1.82, 2.24) is 10.2 Å². The summed E-state index contributed by atoms with van der Waals surface area (Å²) in [6.07, 6.45) is 1.06. The van der Waals surface area contributed by atoms with Crippen molar-refractivity contribution in [3.8, 4) is 0 Å². The fourth-order valence-corrected chi connectivity index (χ4v) is 2.83. The number of hydrogen-bond acceptors (Lipinski definition) is 3. The molecule has 5 heteroatoms. The van der Waals surface area contributed by atoms with Crippen LogP contribution < -0.4 is 5.32 Å². The van der Waals surface area contributed by atoms with Crippen LogP contribution in [0.4, 0.5) is 4.39 Å². The summed E-state index contributed by atoms with van der Waals surface area (Å²) in [6.45, 7) is 8.77. The van der Waals surface area contributed by atoms with E-state index in [1.165, 1.54) is 6.07 Å². The summed E-state index contributed by atoms with van der Waals surface area (Å²) in [5.41, 5.74) is 1.03. The fraction of sp³-hybridized carbons (Fsp3) is 0.611. The maximum atomic E-state index is 13.3. The third kappa shape index (κ3) is 4.75. The smallest absolute Gasteiger partial charge is 0.251 e. The van der Waals surface area contributed by atoms with E-state index in [1.807, 2.05) is 12.1 Å². The van der Waals surface area contributed by atoms with Crippen LogP contribution in [0.2, 0.25) is 0 Å². The van der Waals surface area contributed by atoms with Crippen molar-refractivity contribution in [2.24, 2.45) is 5.92 Å². The third-order valence-electron chi connectivity index (χ3n) is 4.61. The molecule has 1 aromatic carbocycles. The number of methoxy groups -OCH3 is 1. The molecule has 0 spiro atoms. The molecule has 0 unspecified atom stereocenters. The molecule has 1 heterocycles. The fourth-order valence-electron chi connectivity index (χ4n) is 2.83. The molecule has 1 atom stereocenters. The van der Waals surface area contributed by atoms with Crippen molar-refractivity contribution in [3.63, 3.8) is 0 Å². The van der Waals surface area contributed by atoms with Gasteiger partial charge in [0.25, 0.3) is 5.91 Å². The van der Waals surface area contributed by atoms with Crippen molar-refractivity contribution in [2.75, 3.05) is 26.7 Å². The van der Waals surface area contributed by atoms with Crippen LogP contribution in [0.3, 0.4) is 0 Å². The molecule has 1 saturated heterocycles. The van der Waals surface area contributed by atoms with Crippen LogP contribution in [0.1, 0.15) is 31.4 Å². The van der Waals surface area contributed by atoms with Crippen LogP contribution in [0.5, 0.6) is 0 Å². The van der Waals surface area contributed by atoms with Gasteiger partial charge in [-0.1, -0.05) is 12.1 Å². The minimum atomic E-state index is -0.788. The topological polar surface area (TPSA) is 41.6 Å². The predicted molar refractivity (Wildman–Crippen MR) is 88.6 cm³/mol. The summed E-state index contributed by atoms with van der Waals surface area (Å²) in [6, 6.07) is 5.29. The third-order valence-corrected chi connectivity index (χ3v) is 4.61. The van der Waals surface area contributed by atoms with E-state index in [-0.39, 0.29) is 11.7 Å². The molecule has 0 aliphatic carbocycles. The molecule has 23 heavy (non-hydrogen) atoms. The minimum absolute atomic E-state index is 0.0763. The number of benzene rings is 1. The van der Waals surface area contributed by atoms with Crippen LogP contribution >= 0.6 is 0 Å². The lowest BCUT2D eigenvalue weighted by atomic mass is 10.1. The normalized spacial score (nSPS) is 19.1. The zero-order valence-electron chi connectivity index (χ0n) is 14.5.